The Hall–Kier alpha value is -1.13. The number of aromatic nitrogens is 2. The van der Waals surface area contributed by atoms with Gasteiger partial charge in [0, 0.05) is 18.8 Å². The maximum absolute atomic E-state index is 12.1. The molecule has 0 radical (unpaired) electrons. The van der Waals surface area contributed by atoms with Crippen molar-refractivity contribution in [3.05, 3.63) is 12.4 Å². The van der Waals surface area contributed by atoms with Crippen LogP contribution in [0.4, 0.5) is 13.2 Å². The number of halogens is 3. The quantitative estimate of drug-likeness (QED) is 0.801. The van der Waals surface area contributed by atoms with Crippen LogP contribution in [0.1, 0.15) is 6.92 Å². The summed E-state index contributed by atoms with van der Waals surface area (Å²) in [6.45, 7) is 0.280. The molecule has 0 bridgehead atoms. The molecule has 0 saturated heterocycles. The van der Waals surface area contributed by atoms with Crippen molar-refractivity contribution in [1.29, 1.82) is 0 Å². The van der Waals surface area contributed by atoms with E-state index in [1.807, 2.05) is 0 Å². The van der Waals surface area contributed by atoms with Crippen molar-refractivity contribution in [2.24, 2.45) is 5.73 Å². The predicted octanol–water partition coefficient (Wildman–Crippen LogP) is 0.0709. The normalized spacial score (nSPS) is 14.7. The van der Waals surface area contributed by atoms with Gasteiger partial charge in [0.25, 0.3) is 0 Å². The number of rotatable bonds is 5. The summed E-state index contributed by atoms with van der Waals surface area (Å²) >= 11 is 0. The highest BCUT2D eigenvalue weighted by Gasteiger charge is 2.29. The van der Waals surface area contributed by atoms with Crippen LogP contribution in [-0.4, -0.2) is 37.0 Å². The molecular formula is C8H13F3N4O2S. The third kappa shape index (κ3) is 4.27. The van der Waals surface area contributed by atoms with Gasteiger partial charge in [-0.15, -0.1) is 0 Å². The van der Waals surface area contributed by atoms with Crippen molar-refractivity contribution in [1.82, 2.24) is 14.5 Å². The molecule has 18 heavy (non-hydrogen) atoms. The monoisotopic (exact) mass is 286 g/mol. The first kappa shape index (κ1) is 14.9. The molecule has 1 aromatic heterocycles. The van der Waals surface area contributed by atoms with E-state index in [2.05, 4.69) is 9.82 Å². The highest BCUT2D eigenvalue weighted by atomic mass is 32.2. The highest BCUT2D eigenvalue weighted by molar-refractivity contribution is 7.89. The van der Waals surface area contributed by atoms with Crippen LogP contribution in [0, 0.1) is 0 Å². The molecule has 1 atom stereocenters. The molecule has 10 heteroatoms. The van der Waals surface area contributed by atoms with E-state index in [-0.39, 0.29) is 11.4 Å². The number of nitrogens with one attached hydrogen (secondary N) is 1. The minimum atomic E-state index is -4.45. The molecule has 1 rings (SSSR count). The van der Waals surface area contributed by atoms with Gasteiger partial charge in [0.05, 0.1) is 6.20 Å². The lowest BCUT2D eigenvalue weighted by atomic mass is 10.4. The van der Waals surface area contributed by atoms with Crippen LogP contribution in [0.25, 0.3) is 0 Å². The van der Waals surface area contributed by atoms with E-state index in [0.717, 1.165) is 12.4 Å². The summed E-state index contributed by atoms with van der Waals surface area (Å²) in [6, 6.07) is -0.513. The van der Waals surface area contributed by atoms with Gasteiger partial charge in [-0.05, 0) is 6.92 Å². The van der Waals surface area contributed by atoms with E-state index >= 15 is 0 Å². The minimum absolute atomic E-state index is 0.0793. The number of hydrogen-bond donors (Lipinski definition) is 2. The Morgan fingerprint density at radius 3 is 2.67 bits per heavy atom. The molecule has 1 aromatic rings. The summed E-state index contributed by atoms with van der Waals surface area (Å²) < 4.78 is 62.3. The van der Waals surface area contributed by atoms with Crippen molar-refractivity contribution in [2.75, 3.05) is 6.54 Å². The van der Waals surface area contributed by atoms with Crippen molar-refractivity contribution < 1.29 is 21.6 Å². The zero-order valence-electron chi connectivity index (χ0n) is 9.48. The summed E-state index contributed by atoms with van der Waals surface area (Å²) in [4.78, 5) is -0.327. The Bertz CT molecular complexity index is 497. The molecule has 0 aliphatic heterocycles. The molecule has 0 unspecified atom stereocenters. The Labute approximate surface area is 102 Å². The van der Waals surface area contributed by atoms with Crippen LogP contribution in [-0.2, 0) is 16.6 Å². The van der Waals surface area contributed by atoms with Gasteiger partial charge in [-0.2, -0.15) is 18.3 Å². The molecule has 104 valence electrons. The summed E-state index contributed by atoms with van der Waals surface area (Å²) in [7, 11) is -3.89. The van der Waals surface area contributed by atoms with Crippen molar-refractivity contribution in [2.45, 2.75) is 30.6 Å². The molecule has 6 nitrogen and oxygen atoms in total. The van der Waals surface area contributed by atoms with Crippen LogP contribution < -0.4 is 10.5 Å². The summed E-state index contributed by atoms with van der Waals surface area (Å²) in [5.41, 5.74) is 5.25. The first-order chi connectivity index (χ1) is 8.14. The molecule has 1 heterocycles. The van der Waals surface area contributed by atoms with Crippen LogP contribution in [0.15, 0.2) is 17.3 Å². The standard InChI is InChI=1S/C8H13F3N4O2S/c1-6(2-12)14-18(16,17)7-3-13-15(4-7)5-8(9,10)11/h3-4,6,14H,2,5,12H2,1H3/t6-/m0/s1. The molecule has 0 saturated carbocycles. The van der Waals surface area contributed by atoms with Crippen LogP contribution >= 0.6 is 0 Å². The van der Waals surface area contributed by atoms with Gasteiger partial charge >= 0.3 is 6.18 Å². The molecule has 0 aliphatic carbocycles. The molecule has 3 N–H and O–H groups in total. The van der Waals surface area contributed by atoms with Gasteiger partial charge in [-0.3, -0.25) is 4.68 Å². The average molecular weight is 286 g/mol. The number of nitrogens with two attached hydrogens (primary N) is 1. The Kier molecular flexibility index (Phi) is 4.35. The van der Waals surface area contributed by atoms with Crippen LogP contribution in [0.3, 0.4) is 0 Å². The van der Waals surface area contributed by atoms with Gasteiger partial charge in [-0.25, -0.2) is 13.1 Å². The van der Waals surface area contributed by atoms with Gasteiger partial charge in [0.2, 0.25) is 10.0 Å². The van der Waals surface area contributed by atoms with Crippen molar-refractivity contribution in [3.63, 3.8) is 0 Å². The van der Waals surface area contributed by atoms with Gasteiger partial charge < -0.3 is 5.73 Å². The highest BCUT2D eigenvalue weighted by Crippen LogP contribution is 2.18. The molecular weight excluding hydrogens is 273 g/mol. The van der Waals surface area contributed by atoms with Crippen molar-refractivity contribution in [3.8, 4) is 0 Å². The maximum Gasteiger partial charge on any atom is 0.408 e. The zero-order valence-corrected chi connectivity index (χ0v) is 10.3. The minimum Gasteiger partial charge on any atom is -0.329 e. The number of sulfonamides is 1. The van der Waals surface area contributed by atoms with Crippen molar-refractivity contribution >= 4 is 10.0 Å². The lowest BCUT2D eigenvalue weighted by Crippen LogP contribution is -2.37. The second-order valence-electron chi connectivity index (χ2n) is 3.75. The Balaban J connectivity index is 2.85. The Morgan fingerprint density at radius 2 is 2.17 bits per heavy atom. The predicted molar refractivity (Wildman–Crippen MR) is 57.1 cm³/mol. The fraction of sp³-hybridized carbons (Fsp3) is 0.625. The Morgan fingerprint density at radius 1 is 1.56 bits per heavy atom. The van der Waals surface area contributed by atoms with Crippen LogP contribution in [0.5, 0.6) is 0 Å². The third-order valence-electron chi connectivity index (χ3n) is 1.97. The summed E-state index contributed by atoms with van der Waals surface area (Å²) in [5.74, 6) is 0. The first-order valence-electron chi connectivity index (χ1n) is 4.95. The molecule has 0 spiro atoms. The van der Waals surface area contributed by atoms with E-state index < -0.39 is 28.8 Å². The summed E-state index contributed by atoms with van der Waals surface area (Å²) in [6.07, 6.45) is -2.78. The average Bonchev–Trinajstić information content (AvgIpc) is 2.63. The number of hydrogen-bond acceptors (Lipinski definition) is 4. The second kappa shape index (κ2) is 5.24. The molecule has 0 aliphatic rings. The van der Waals surface area contributed by atoms with Gasteiger partial charge in [0.15, 0.2) is 0 Å². The largest absolute Gasteiger partial charge is 0.408 e. The van der Waals surface area contributed by atoms with Gasteiger partial charge in [-0.1, -0.05) is 0 Å². The smallest absolute Gasteiger partial charge is 0.329 e. The SMILES string of the molecule is C[C@@H](CN)NS(=O)(=O)c1cnn(CC(F)(F)F)c1. The van der Waals surface area contributed by atoms with E-state index in [1.165, 1.54) is 6.92 Å². The topological polar surface area (TPSA) is 90.0 Å². The lowest BCUT2D eigenvalue weighted by molar-refractivity contribution is -0.142. The first-order valence-corrected chi connectivity index (χ1v) is 6.44. The van der Waals surface area contributed by atoms with Gasteiger partial charge in [0.1, 0.15) is 11.4 Å². The lowest BCUT2D eigenvalue weighted by Gasteiger charge is -2.10. The van der Waals surface area contributed by atoms with Crippen LogP contribution in [0.2, 0.25) is 0 Å². The number of nitrogens with zero attached hydrogens (tertiary/aromatic N) is 2. The summed E-state index contributed by atoms with van der Waals surface area (Å²) in [5, 5.41) is 3.35. The molecule has 0 aromatic carbocycles. The van der Waals surface area contributed by atoms with E-state index in [0.29, 0.717) is 4.68 Å². The van der Waals surface area contributed by atoms with E-state index in [9.17, 15) is 21.6 Å². The molecule has 0 amide bonds. The zero-order chi connectivity index (χ0) is 14.0. The second-order valence-corrected chi connectivity index (χ2v) is 5.46. The van der Waals surface area contributed by atoms with E-state index in [1.54, 1.807) is 0 Å². The maximum atomic E-state index is 12.1. The fourth-order valence-corrected chi connectivity index (χ4v) is 2.34. The fourth-order valence-electron chi connectivity index (χ4n) is 1.13. The molecule has 0 fully saturated rings. The van der Waals surface area contributed by atoms with E-state index in [4.69, 9.17) is 5.73 Å². The number of alkyl halides is 3. The third-order valence-corrected chi connectivity index (χ3v) is 3.52.